The van der Waals surface area contributed by atoms with Gasteiger partial charge in [-0.15, -0.1) is 0 Å². The minimum absolute atomic E-state index is 0.101. The van der Waals surface area contributed by atoms with Gasteiger partial charge in [0, 0.05) is 38.9 Å². The van der Waals surface area contributed by atoms with Crippen molar-refractivity contribution in [1.29, 1.82) is 0 Å². The van der Waals surface area contributed by atoms with Crippen LogP contribution < -0.4 is 15.8 Å². The minimum Gasteiger partial charge on any atom is -0.507 e. The van der Waals surface area contributed by atoms with Crippen molar-refractivity contribution in [3.05, 3.63) is 82.8 Å². The van der Waals surface area contributed by atoms with E-state index < -0.39 is 0 Å². The number of pyridine rings is 1. The molecule has 2 aromatic carbocycles. The van der Waals surface area contributed by atoms with Gasteiger partial charge in [0.1, 0.15) is 22.8 Å². The molecule has 0 radical (unpaired) electrons. The van der Waals surface area contributed by atoms with E-state index in [0.29, 0.717) is 41.1 Å². The van der Waals surface area contributed by atoms with Gasteiger partial charge < -0.3 is 15.3 Å². The number of aromatic nitrogens is 3. The fourth-order valence-corrected chi connectivity index (χ4v) is 4.22. The molecule has 0 amide bonds. The van der Waals surface area contributed by atoms with E-state index in [0.717, 1.165) is 31.7 Å². The quantitative estimate of drug-likeness (QED) is 0.510. The summed E-state index contributed by atoms with van der Waals surface area (Å²) in [6.07, 6.45) is 2.38. The molecule has 7 nitrogen and oxygen atoms in total. The van der Waals surface area contributed by atoms with Crippen LogP contribution in [0.4, 0.5) is 5.82 Å². The number of fused-ring (bicyclic) bond motifs is 1. The Hall–Kier alpha value is -3.71. The zero-order valence-electron chi connectivity index (χ0n) is 17.7. The predicted molar refractivity (Wildman–Crippen MR) is 126 cm³/mol. The van der Waals surface area contributed by atoms with Crippen LogP contribution in [0.25, 0.3) is 22.3 Å². The topological polar surface area (TPSA) is 83.3 Å². The average molecular weight is 428 g/mol. The monoisotopic (exact) mass is 427 g/mol. The number of hydrogen-bond donors (Lipinski definition) is 2. The van der Waals surface area contributed by atoms with Crippen molar-refractivity contribution in [2.75, 3.05) is 31.1 Å². The lowest BCUT2D eigenvalue weighted by molar-refractivity contribution is 0.476. The van der Waals surface area contributed by atoms with Crippen LogP contribution in [0.1, 0.15) is 5.56 Å². The Bertz CT molecular complexity index is 1300. The standard InChI is InChI=1S/C25H25N5O2/c31-21-9-5-4-8-19(21)23-28-20-10-12-27-24(29-16-13-26-14-17-29)22(20)25(32)30(23)15-11-18-6-2-1-3-7-18/h1-10,12,26,31H,11,13-17H2. The second kappa shape index (κ2) is 8.80. The largest absolute Gasteiger partial charge is 0.507 e. The number of phenols is 1. The van der Waals surface area contributed by atoms with Gasteiger partial charge in [0.2, 0.25) is 0 Å². The molecule has 1 fully saturated rings. The number of hydrogen-bond acceptors (Lipinski definition) is 6. The third kappa shape index (κ3) is 3.83. The summed E-state index contributed by atoms with van der Waals surface area (Å²) in [4.78, 5) is 25.4. The van der Waals surface area contributed by atoms with Gasteiger partial charge in [-0.2, -0.15) is 0 Å². The first-order valence-corrected chi connectivity index (χ1v) is 10.9. The van der Waals surface area contributed by atoms with Crippen molar-refractivity contribution < 1.29 is 5.11 Å². The van der Waals surface area contributed by atoms with Gasteiger partial charge in [-0.1, -0.05) is 42.5 Å². The van der Waals surface area contributed by atoms with Crippen LogP contribution in [-0.4, -0.2) is 45.8 Å². The van der Waals surface area contributed by atoms with Crippen molar-refractivity contribution in [2.45, 2.75) is 13.0 Å². The lowest BCUT2D eigenvalue weighted by Crippen LogP contribution is -2.44. The maximum atomic E-state index is 13.9. The summed E-state index contributed by atoms with van der Waals surface area (Å²) in [5.41, 5.74) is 2.13. The van der Waals surface area contributed by atoms with Crippen LogP contribution in [0.5, 0.6) is 5.75 Å². The van der Waals surface area contributed by atoms with E-state index in [-0.39, 0.29) is 11.3 Å². The van der Waals surface area contributed by atoms with Crippen LogP contribution in [0.2, 0.25) is 0 Å². The van der Waals surface area contributed by atoms with Crippen LogP contribution in [0, 0.1) is 0 Å². The summed E-state index contributed by atoms with van der Waals surface area (Å²) >= 11 is 0. The highest BCUT2D eigenvalue weighted by Crippen LogP contribution is 2.29. The minimum atomic E-state index is -0.134. The van der Waals surface area contributed by atoms with Gasteiger partial charge >= 0.3 is 0 Å². The summed E-state index contributed by atoms with van der Waals surface area (Å²) < 4.78 is 1.68. The van der Waals surface area contributed by atoms with E-state index in [1.807, 2.05) is 36.4 Å². The molecule has 1 aliphatic heterocycles. The fourth-order valence-electron chi connectivity index (χ4n) is 4.22. The summed E-state index contributed by atoms with van der Waals surface area (Å²) in [7, 11) is 0. The number of para-hydroxylation sites is 1. The third-order valence-electron chi connectivity index (χ3n) is 5.88. The van der Waals surface area contributed by atoms with Gasteiger partial charge in [0.05, 0.1) is 11.1 Å². The Kier molecular flexibility index (Phi) is 5.56. The second-order valence-electron chi connectivity index (χ2n) is 7.91. The van der Waals surface area contributed by atoms with Crippen molar-refractivity contribution in [3.8, 4) is 17.1 Å². The lowest BCUT2D eigenvalue weighted by atomic mass is 10.1. The van der Waals surface area contributed by atoms with E-state index in [1.165, 1.54) is 0 Å². The number of aryl methyl sites for hydroxylation is 1. The summed E-state index contributed by atoms with van der Waals surface area (Å²) in [5.74, 6) is 1.25. The van der Waals surface area contributed by atoms with Gasteiger partial charge in [-0.3, -0.25) is 9.36 Å². The van der Waals surface area contributed by atoms with Crippen LogP contribution in [0.15, 0.2) is 71.7 Å². The predicted octanol–water partition coefficient (Wildman–Crippen LogP) is 2.82. The highest BCUT2D eigenvalue weighted by molar-refractivity contribution is 5.90. The number of nitrogens with one attached hydrogen (secondary N) is 1. The van der Waals surface area contributed by atoms with Gasteiger partial charge in [0.25, 0.3) is 5.56 Å². The van der Waals surface area contributed by atoms with Crippen LogP contribution in [-0.2, 0) is 13.0 Å². The van der Waals surface area contributed by atoms with Gasteiger partial charge in [-0.25, -0.2) is 9.97 Å². The number of phenolic OH excluding ortho intramolecular Hbond substituents is 1. The van der Waals surface area contributed by atoms with Gasteiger partial charge in [0.15, 0.2) is 0 Å². The first kappa shape index (κ1) is 20.2. The first-order chi connectivity index (χ1) is 15.7. The number of nitrogens with zero attached hydrogens (tertiary/aromatic N) is 4. The molecular weight excluding hydrogens is 402 g/mol. The maximum absolute atomic E-state index is 13.9. The lowest BCUT2D eigenvalue weighted by Gasteiger charge is -2.29. The molecule has 4 aromatic rings. The normalized spacial score (nSPS) is 14.1. The number of anilines is 1. The van der Waals surface area contributed by atoms with Gasteiger partial charge in [-0.05, 0) is 30.2 Å². The molecule has 0 atom stereocenters. The van der Waals surface area contributed by atoms with Crippen molar-refractivity contribution >= 4 is 16.7 Å². The number of rotatable bonds is 5. The summed E-state index contributed by atoms with van der Waals surface area (Å²) in [6.45, 7) is 3.73. The van der Waals surface area contributed by atoms with Crippen molar-refractivity contribution in [2.24, 2.45) is 0 Å². The average Bonchev–Trinajstić information content (AvgIpc) is 2.84. The zero-order chi connectivity index (χ0) is 21.9. The zero-order valence-corrected chi connectivity index (χ0v) is 17.7. The molecule has 2 aromatic heterocycles. The number of benzene rings is 2. The molecular formula is C25H25N5O2. The molecule has 0 aliphatic carbocycles. The van der Waals surface area contributed by atoms with E-state index >= 15 is 0 Å². The van der Waals surface area contributed by atoms with E-state index in [4.69, 9.17) is 4.98 Å². The maximum Gasteiger partial charge on any atom is 0.265 e. The SMILES string of the molecule is O=c1c2c(N3CCNCC3)nccc2nc(-c2ccccc2O)n1CCc1ccccc1. The number of piperazine rings is 1. The summed E-state index contributed by atoms with van der Waals surface area (Å²) in [6, 6.07) is 18.8. The first-order valence-electron chi connectivity index (χ1n) is 10.9. The molecule has 0 saturated carbocycles. The highest BCUT2D eigenvalue weighted by atomic mass is 16.3. The molecule has 0 unspecified atom stereocenters. The Morgan fingerprint density at radius 1 is 0.969 bits per heavy atom. The fraction of sp³-hybridized carbons (Fsp3) is 0.240. The molecule has 2 N–H and O–H groups in total. The van der Waals surface area contributed by atoms with E-state index in [9.17, 15) is 9.90 Å². The number of aromatic hydroxyl groups is 1. The Morgan fingerprint density at radius 3 is 2.50 bits per heavy atom. The van der Waals surface area contributed by atoms with Crippen molar-refractivity contribution in [1.82, 2.24) is 19.9 Å². The van der Waals surface area contributed by atoms with E-state index in [1.54, 1.807) is 35.0 Å². The van der Waals surface area contributed by atoms with Crippen LogP contribution in [0.3, 0.4) is 0 Å². The summed E-state index contributed by atoms with van der Waals surface area (Å²) in [5, 5.41) is 14.4. The van der Waals surface area contributed by atoms with E-state index in [2.05, 4.69) is 15.2 Å². The Balaban J connectivity index is 1.69. The molecule has 3 heterocycles. The highest BCUT2D eigenvalue weighted by Gasteiger charge is 2.21. The molecule has 162 valence electrons. The molecule has 1 aliphatic rings. The van der Waals surface area contributed by atoms with Crippen molar-refractivity contribution in [3.63, 3.8) is 0 Å². The molecule has 5 rings (SSSR count). The molecule has 32 heavy (non-hydrogen) atoms. The Labute approximate surface area is 186 Å². The smallest absolute Gasteiger partial charge is 0.265 e. The molecule has 0 bridgehead atoms. The molecule has 7 heteroatoms. The Morgan fingerprint density at radius 2 is 1.72 bits per heavy atom. The molecule has 0 spiro atoms. The second-order valence-corrected chi connectivity index (χ2v) is 7.91. The molecule has 1 saturated heterocycles. The third-order valence-corrected chi connectivity index (χ3v) is 5.88. The van der Waals surface area contributed by atoms with Crippen LogP contribution >= 0.6 is 0 Å².